The van der Waals surface area contributed by atoms with Crippen LogP contribution in [0.25, 0.3) is 17.0 Å². The molecule has 0 atom stereocenters. The summed E-state index contributed by atoms with van der Waals surface area (Å²) in [6.07, 6.45) is 10.5. The van der Waals surface area contributed by atoms with Crippen molar-refractivity contribution in [2.45, 2.75) is 19.3 Å². The van der Waals surface area contributed by atoms with Crippen molar-refractivity contribution in [2.75, 3.05) is 36.5 Å². The van der Waals surface area contributed by atoms with Gasteiger partial charge in [-0.2, -0.15) is 0 Å². The lowest BCUT2D eigenvalue weighted by Gasteiger charge is -2.09. The molecular formula is C25H32ClNO6S2. The smallest absolute Gasteiger partial charge is 0.147 e. The van der Waals surface area contributed by atoms with E-state index in [0.717, 1.165) is 28.6 Å². The molecule has 4 rings (SSSR count). The lowest BCUT2D eigenvalue weighted by atomic mass is 10.1. The van der Waals surface area contributed by atoms with Gasteiger partial charge < -0.3 is 14.8 Å². The Labute approximate surface area is 212 Å². The van der Waals surface area contributed by atoms with Gasteiger partial charge in [0.05, 0.1) is 18.1 Å². The molecule has 10 heteroatoms. The van der Waals surface area contributed by atoms with E-state index in [1.165, 1.54) is 18.1 Å². The summed E-state index contributed by atoms with van der Waals surface area (Å²) < 4.78 is 48.2. The summed E-state index contributed by atoms with van der Waals surface area (Å²) >= 11 is 5.24. The summed E-state index contributed by atoms with van der Waals surface area (Å²) in [7, 11) is -5.65. The molecule has 0 aliphatic heterocycles. The van der Waals surface area contributed by atoms with Crippen LogP contribution < -0.4 is 4.74 Å². The Balaban J connectivity index is 0.000000204. The molecule has 7 nitrogen and oxygen atoms in total. The van der Waals surface area contributed by atoms with E-state index >= 15 is 0 Å². The first-order chi connectivity index (χ1) is 16.5. The molecule has 0 saturated heterocycles. The second-order valence-electron chi connectivity index (χ2n) is 8.16. The summed E-state index contributed by atoms with van der Waals surface area (Å²) in [6.45, 7) is 0.442. The molecular weight excluding hydrogens is 510 g/mol. The number of hydrogen-bond donors (Lipinski definition) is 2. The molecule has 0 unspecified atom stereocenters. The Morgan fingerprint density at radius 3 is 2.29 bits per heavy atom. The number of H-pyrrole nitrogens is 1. The third-order valence-corrected chi connectivity index (χ3v) is 7.24. The fourth-order valence-corrected chi connectivity index (χ4v) is 4.88. The Bertz CT molecular complexity index is 1330. The highest BCUT2D eigenvalue weighted by Crippen LogP contribution is 2.29. The number of nitrogens with one attached hydrogen (secondary N) is 1. The Kier molecular flexibility index (Phi) is 11.1. The van der Waals surface area contributed by atoms with Crippen LogP contribution in [-0.4, -0.2) is 63.4 Å². The number of fused-ring (bicyclic) bond motifs is 2. The predicted octanol–water partition coefficient (Wildman–Crippen LogP) is 4.60. The van der Waals surface area contributed by atoms with Gasteiger partial charge in [0.2, 0.25) is 0 Å². The highest BCUT2D eigenvalue weighted by molar-refractivity contribution is 7.90. The highest BCUT2D eigenvalue weighted by atomic mass is 35.5. The van der Waals surface area contributed by atoms with Crippen molar-refractivity contribution in [1.29, 1.82) is 0 Å². The van der Waals surface area contributed by atoms with Gasteiger partial charge in [-0.25, -0.2) is 16.8 Å². The van der Waals surface area contributed by atoms with Gasteiger partial charge in [-0.1, -0.05) is 30.4 Å². The average Bonchev–Trinajstić information content (AvgIpc) is 3.45. The van der Waals surface area contributed by atoms with Gasteiger partial charge >= 0.3 is 0 Å². The summed E-state index contributed by atoms with van der Waals surface area (Å²) in [5.74, 6) is 1.99. The molecule has 0 saturated carbocycles. The zero-order valence-corrected chi connectivity index (χ0v) is 22.3. The maximum atomic E-state index is 11.0. The maximum absolute atomic E-state index is 11.0. The first-order valence-corrected chi connectivity index (χ1v) is 15.7. The van der Waals surface area contributed by atoms with Crippen LogP contribution in [0.4, 0.5) is 0 Å². The number of benzene rings is 2. The molecule has 0 radical (unpaired) electrons. The first kappa shape index (κ1) is 28.7. The quantitative estimate of drug-likeness (QED) is 0.318. The van der Waals surface area contributed by atoms with Crippen molar-refractivity contribution in [3.63, 3.8) is 0 Å². The predicted molar refractivity (Wildman–Crippen MR) is 144 cm³/mol. The minimum Gasteiger partial charge on any atom is -0.507 e. The number of aromatic hydroxyl groups is 1. The van der Waals surface area contributed by atoms with E-state index < -0.39 is 19.7 Å². The van der Waals surface area contributed by atoms with Gasteiger partial charge in [0.25, 0.3) is 0 Å². The third kappa shape index (κ3) is 10.8. The van der Waals surface area contributed by atoms with Crippen LogP contribution in [0, 0.1) is 0 Å². The summed E-state index contributed by atoms with van der Waals surface area (Å²) in [4.78, 5) is 3.00. The van der Waals surface area contributed by atoms with E-state index in [0.29, 0.717) is 31.1 Å². The number of sulfone groups is 2. The van der Waals surface area contributed by atoms with Gasteiger partial charge in [-0.05, 0) is 49.1 Å². The van der Waals surface area contributed by atoms with Gasteiger partial charge in [-0.3, -0.25) is 0 Å². The molecule has 0 bridgehead atoms. The normalized spacial score (nSPS) is 12.3. The first-order valence-electron chi connectivity index (χ1n) is 11.1. The van der Waals surface area contributed by atoms with E-state index in [1.807, 2.05) is 36.5 Å². The van der Waals surface area contributed by atoms with Crippen molar-refractivity contribution in [1.82, 2.24) is 4.98 Å². The SMILES string of the molecule is CS(=O)(=O)CCCCl.CS(=O)(=O)CCCOc1cccc2c1C=CC2.Oc1cccc2[nH]ccc12. The lowest BCUT2D eigenvalue weighted by molar-refractivity contribution is 0.317. The number of aromatic nitrogens is 1. The monoisotopic (exact) mass is 541 g/mol. The Morgan fingerprint density at radius 1 is 0.971 bits per heavy atom. The second-order valence-corrected chi connectivity index (χ2v) is 13.1. The number of phenols is 1. The lowest BCUT2D eigenvalue weighted by Crippen LogP contribution is -2.08. The molecule has 1 aliphatic carbocycles. The molecule has 1 aliphatic rings. The molecule has 0 spiro atoms. The number of phenolic OH excluding ortho intramolecular Hbond substituents is 1. The third-order valence-electron chi connectivity index (χ3n) is 4.92. The fourth-order valence-electron chi connectivity index (χ4n) is 3.28. The number of rotatable bonds is 8. The summed E-state index contributed by atoms with van der Waals surface area (Å²) in [5.41, 5.74) is 3.37. The Hall–Kier alpha value is -2.49. The molecule has 2 N–H and O–H groups in total. The van der Waals surface area contributed by atoms with Crippen LogP contribution in [-0.2, 0) is 26.1 Å². The zero-order chi connectivity index (χ0) is 25.9. The van der Waals surface area contributed by atoms with Gasteiger partial charge in [-0.15, -0.1) is 11.6 Å². The van der Waals surface area contributed by atoms with Gasteiger partial charge in [0.15, 0.2) is 0 Å². The molecule has 0 amide bonds. The molecule has 192 valence electrons. The fraction of sp³-hybridized carbons (Fsp3) is 0.360. The largest absolute Gasteiger partial charge is 0.507 e. The van der Waals surface area contributed by atoms with E-state index in [9.17, 15) is 21.9 Å². The van der Waals surface area contributed by atoms with E-state index in [-0.39, 0.29) is 11.5 Å². The van der Waals surface area contributed by atoms with Crippen molar-refractivity contribution in [3.8, 4) is 11.5 Å². The topological polar surface area (TPSA) is 114 Å². The maximum Gasteiger partial charge on any atom is 0.147 e. The summed E-state index contributed by atoms with van der Waals surface area (Å²) in [6, 6.07) is 13.2. The summed E-state index contributed by atoms with van der Waals surface area (Å²) in [5, 5.41) is 10.1. The highest BCUT2D eigenvalue weighted by Gasteiger charge is 2.10. The van der Waals surface area contributed by atoms with Crippen LogP contribution in [0.5, 0.6) is 11.5 Å². The van der Waals surface area contributed by atoms with Crippen LogP contribution in [0.15, 0.2) is 54.7 Å². The van der Waals surface area contributed by atoms with Crippen molar-refractivity contribution < 1.29 is 26.7 Å². The number of allylic oxidation sites excluding steroid dienone is 1. The molecule has 35 heavy (non-hydrogen) atoms. The molecule has 3 aromatic rings. The number of halogens is 1. The van der Waals surface area contributed by atoms with Crippen LogP contribution >= 0.6 is 11.6 Å². The van der Waals surface area contributed by atoms with Gasteiger partial charge in [0, 0.05) is 41.1 Å². The molecule has 2 aromatic carbocycles. The van der Waals surface area contributed by atoms with E-state index in [2.05, 4.69) is 23.2 Å². The zero-order valence-electron chi connectivity index (χ0n) is 19.9. The van der Waals surface area contributed by atoms with E-state index in [4.69, 9.17) is 16.3 Å². The number of ether oxygens (including phenoxy) is 1. The van der Waals surface area contributed by atoms with Crippen molar-refractivity contribution in [2.24, 2.45) is 0 Å². The standard InChI is InChI=1S/C13H16O3S.C8H7NO.C4H9ClO2S/c1-17(14,15)10-4-9-16-13-8-3-6-11-5-2-7-12(11)13;10-8-3-1-2-7-6(8)4-5-9-7;1-8(6,7)4-2-3-5/h2-3,6-8H,4-5,9-10H2,1H3;1-5,9-10H;2-4H2,1H3. The van der Waals surface area contributed by atoms with Gasteiger partial charge in [0.1, 0.15) is 31.2 Å². The molecule has 1 aromatic heterocycles. The van der Waals surface area contributed by atoms with Crippen molar-refractivity contribution in [3.05, 3.63) is 65.9 Å². The van der Waals surface area contributed by atoms with Crippen LogP contribution in [0.1, 0.15) is 24.0 Å². The number of aromatic amines is 1. The minimum absolute atomic E-state index is 0.178. The van der Waals surface area contributed by atoms with Crippen LogP contribution in [0.2, 0.25) is 0 Å². The average molecular weight is 542 g/mol. The number of alkyl halides is 1. The van der Waals surface area contributed by atoms with E-state index in [1.54, 1.807) is 6.07 Å². The Morgan fingerprint density at radius 2 is 1.66 bits per heavy atom. The molecule has 0 fully saturated rings. The second kappa shape index (κ2) is 13.6. The number of hydrogen-bond acceptors (Lipinski definition) is 6. The van der Waals surface area contributed by atoms with Crippen molar-refractivity contribution >= 4 is 48.3 Å². The van der Waals surface area contributed by atoms with Crippen LogP contribution in [0.3, 0.4) is 0 Å². The minimum atomic E-state index is -2.88. The molecule has 1 heterocycles.